The van der Waals surface area contributed by atoms with Gasteiger partial charge < -0.3 is 11.1 Å². The van der Waals surface area contributed by atoms with E-state index in [1.165, 1.54) is 0 Å². The van der Waals surface area contributed by atoms with Gasteiger partial charge in [-0.1, -0.05) is 0 Å². The Balaban J connectivity index is 3.82. The van der Waals surface area contributed by atoms with Crippen LogP contribution in [0.1, 0.15) is 26.7 Å². The Kier molecular flexibility index (Phi) is 4.38. The first-order chi connectivity index (χ1) is 6.12. The van der Waals surface area contributed by atoms with Gasteiger partial charge in [-0.05, 0) is 13.8 Å². The minimum atomic E-state index is -4.17. The minimum absolute atomic E-state index is 0.0187. The molecule has 0 aromatic rings. The maximum Gasteiger partial charge on any atom is 0.390 e. The number of halogens is 3. The van der Waals surface area contributed by atoms with Crippen molar-refractivity contribution in [3.63, 3.8) is 0 Å². The van der Waals surface area contributed by atoms with E-state index in [1.807, 2.05) is 0 Å². The predicted octanol–water partition coefficient (Wildman–Crippen LogP) is 1.18. The van der Waals surface area contributed by atoms with Crippen molar-refractivity contribution in [1.82, 2.24) is 5.32 Å². The topological polar surface area (TPSA) is 55.1 Å². The summed E-state index contributed by atoms with van der Waals surface area (Å²) in [6, 6.07) is 0. The van der Waals surface area contributed by atoms with Crippen LogP contribution >= 0.6 is 0 Å². The number of primary amides is 1. The molecule has 14 heavy (non-hydrogen) atoms. The Bertz CT molecular complexity index is 201. The van der Waals surface area contributed by atoms with Crippen LogP contribution in [0.2, 0.25) is 0 Å². The first kappa shape index (κ1) is 13.2. The molecule has 1 amide bonds. The fourth-order valence-corrected chi connectivity index (χ4v) is 1.04. The highest BCUT2D eigenvalue weighted by atomic mass is 19.4. The Morgan fingerprint density at radius 2 is 1.86 bits per heavy atom. The quantitative estimate of drug-likeness (QED) is 0.719. The van der Waals surface area contributed by atoms with Crippen LogP contribution in [0.3, 0.4) is 0 Å². The fraction of sp³-hybridized carbons (Fsp3) is 0.875. The molecular weight excluding hydrogens is 197 g/mol. The lowest BCUT2D eigenvalue weighted by Crippen LogP contribution is -2.43. The van der Waals surface area contributed by atoms with Gasteiger partial charge in [0.05, 0.1) is 6.42 Å². The van der Waals surface area contributed by atoms with E-state index >= 15 is 0 Å². The van der Waals surface area contributed by atoms with Gasteiger partial charge in [-0.3, -0.25) is 4.79 Å². The van der Waals surface area contributed by atoms with E-state index < -0.39 is 24.0 Å². The van der Waals surface area contributed by atoms with Gasteiger partial charge in [0.25, 0.3) is 0 Å². The molecule has 0 aromatic heterocycles. The van der Waals surface area contributed by atoms with Crippen LogP contribution in [0.25, 0.3) is 0 Å². The standard InChI is InChI=1S/C8H15F3N2O/c1-7(2,5-6(12)14)13-4-3-8(9,10)11/h13H,3-5H2,1-2H3,(H2,12,14). The van der Waals surface area contributed by atoms with Gasteiger partial charge in [0.15, 0.2) is 0 Å². The summed E-state index contributed by atoms with van der Waals surface area (Å²) in [5, 5.41) is 2.63. The van der Waals surface area contributed by atoms with E-state index in [4.69, 9.17) is 5.73 Å². The second kappa shape index (κ2) is 4.63. The number of nitrogens with one attached hydrogen (secondary N) is 1. The second-order valence-electron chi connectivity index (χ2n) is 3.82. The number of amides is 1. The third-order valence-corrected chi connectivity index (χ3v) is 1.63. The average Bonchev–Trinajstić information content (AvgIpc) is 1.78. The van der Waals surface area contributed by atoms with Crippen molar-refractivity contribution in [3.05, 3.63) is 0 Å². The van der Waals surface area contributed by atoms with Crippen molar-refractivity contribution < 1.29 is 18.0 Å². The Labute approximate surface area is 80.8 Å². The summed E-state index contributed by atoms with van der Waals surface area (Å²) in [5.41, 5.74) is 4.25. The van der Waals surface area contributed by atoms with E-state index in [1.54, 1.807) is 13.8 Å². The molecule has 0 saturated carbocycles. The molecule has 0 aliphatic heterocycles. The second-order valence-corrected chi connectivity index (χ2v) is 3.82. The van der Waals surface area contributed by atoms with Crippen molar-refractivity contribution in [1.29, 1.82) is 0 Å². The normalized spacial score (nSPS) is 12.9. The summed E-state index contributed by atoms with van der Waals surface area (Å²) in [6.45, 7) is 3.06. The predicted molar refractivity (Wildman–Crippen MR) is 46.6 cm³/mol. The van der Waals surface area contributed by atoms with E-state index in [0.29, 0.717) is 0 Å². The van der Waals surface area contributed by atoms with Crippen LogP contribution < -0.4 is 11.1 Å². The monoisotopic (exact) mass is 212 g/mol. The SMILES string of the molecule is CC(C)(CC(N)=O)NCCC(F)(F)F. The molecule has 0 fully saturated rings. The number of hydrogen-bond acceptors (Lipinski definition) is 2. The van der Waals surface area contributed by atoms with Gasteiger partial charge in [-0.25, -0.2) is 0 Å². The number of alkyl halides is 3. The molecular formula is C8H15F3N2O. The van der Waals surface area contributed by atoms with Crippen molar-refractivity contribution in [2.45, 2.75) is 38.4 Å². The van der Waals surface area contributed by atoms with Gasteiger partial charge in [0.2, 0.25) is 5.91 Å². The smallest absolute Gasteiger partial charge is 0.370 e. The zero-order chi connectivity index (χ0) is 11.4. The van der Waals surface area contributed by atoms with Crippen LogP contribution in [0.15, 0.2) is 0 Å². The molecule has 0 atom stereocenters. The first-order valence-electron chi connectivity index (χ1n) is 4.22. The maximum absolute atomic E-state index is 11.8. The highest BCUT2D eigenvalue weighted by molar-refractivity contribution is 5.74. The molecule has 3 nitrogen and oxygen atoms in total. The largest absolute Gasteiger partial charge is 0.390 e. The first-order valence-corrected chi connectivity index (χ1v) is 4.22. The van der Waals surface area contributed by atoms with E-state index in [0.717, 1.165) is 0 Å². The van der Waals surface area contributed by atoms with Gasteiger partial charge in [-0.15, -0.1) is 0 Å². The highest BCUT2D eigenvalue weighted by Crippen LogP contribution is 2.19. The average molecular weight is 212 g/mol. The maximum atomic E-state index is 11.8. The number of hydrogen-bond donors (Lipinski definition) is 2. The lowest BCUT2D eigenvalue weighted by Gasteiger charge is -2.25. The zero-order valence-corrected chi connectivity index (χ0v) is 8.24. The molecule has 6 heteroatoms. The molecule has 0 unspecified atom stereocenters. The summed E-state index contributed by atoms with van der Waals surface area (Å²) >= 11 is 0. The molecule has 0 rings (SSSR count). The summed E-state index contributed by atoms with van der Waals surface area (Å²) in [4.78, 5) is 10.5. The van der Waals surface area contributed by atoms with Crippen molar-refractivity contribution in [2.75, 3.05) is 6.54 Å². The molecule has 0 aromatic carbocycles. The van der Waals surface area contributed by atoms with Crippen LogP contribution in [0.4, 0.5) is 13.2 Å². The molecule has 0 heterocycles. The number of carbonyl (C=O) groups excluding carboxylic acids is 1. The molecule has 0 spiro atoms. The van der Waals surface area contributed by atoms with E-state index in [-0.39, 0.29) is 13.0 Å². The summed E-state index contributed by atoms with van der Waals surface area (Å²) < 4.78 is 35.3. The number of rotatable bonds is 5. The molecule has 3 N–H and O–H groups in total. The molecule has 0 aliphatic carbocycles. The lowest BCUT2D eigenvalue weighted by atomic mass is 10.0. The van der Waals surface area contributed by atoms with Crippen LogP contribution in [-0.4, -0.2) is 24.2 Å². The Morgan fingerprint density at radius 3 is 2.21 bits per heavy atom. The van der Waals surface area contributed by atoms with Gasteiger partial charge in [0.1, 0.15) is 0 Å². The zero-order valence-electron chi connectivity index (χ0n) is 8.24. The van der Waals surface area contributed by atoms with Crippen LogP contribution in [0.5, 0.6) is 0 Å². The summed E-state index contributed by atoms with van der Waals surface area (Å²) in [7, 11) is 0. The molecule has 0 radical (unpaired) electrons. The lowest BCUT2D eigenvalue weighted by molar-refractivity contribution is -0.134. The molecule has 0 aliphatic rings. The minimum Gasteiger partial charge on any atom is -0.370 e. The van der Waals surface area contributed by atoms with Crippen LogP contribution in [-0.2, 0) is 4.79 Å². The van der Waals surface area contributed by atoms with Gasteiger partial charge in [-0.2, -0.15) is 13.2 Å². The molecule has 0 saturated heterocycles. The van der Waals surface area contributed by atoms with Gasteiger partial charge in [0, 0.05) is 18.5 Å². The number of carbonyl (C=O) groups is 1. The molecule has 0 bridgehead atoms. The number of nitrogens with two attached hydrogens (primary N) is 1. The van der Waals surface area contributed by atoms with Crippen molar-refractivity contribution >= 4 is 5.91 Å². The Morgan fingerprint density at radius 1 is 1.36 bits per heavy atom. The summed E-state index contributed by atoms with van der Waals surface area (Å²) in [6.07, 6.45) is -5.06. The van der Waals surface area contributed by atoms with Crippen LogP contribution in [0, 0.1) is 0 Å². The highest BCUT2D eigenvalue weighted by Gasteiger charge is 2.28. The fourth-order valence-electron chi connectivity index (χ4n) is 1.04. The van der Waals surface area contributed by atoms with Crippen molar-refractivity contribution in [2.24, 2.45) is 5.73 Å². The summed E-state index contributed by atoms with van der Waals surface area (Å²) in [5.74, 6) is -0.533. The molecule has 84 valence electrons. The third-order valence-electron chi connectivity index (χ3n) is 1.63. The van der Waals surface area contributed by atoms with Gasteiger partial charge >= 0.3 is 6.18 Å². The Hall–Kier alpha value is -0.780. The van der Waals surface area contributed by atoms with E-state index in [9.17, 15) is 18.0 Å². The van der Waals surface area contributed by atoms with Crippen molar-refractivity contribution in [3.8, 4) is 0 Å². The van der Waals surface area contributed by atoms with E-state index in [2.05, 4.69) is 5.32 Å². The third kappa shape index (κ3) is 7.85.